The van der Waals surface area contributed by atoms with E-state index in [9.17, 15) is 9.59 Å². The third-order valence-corrected chi connectivity index (χ3v) is 3.13. The van der Waals surface area contributed by atoms with Crippen molar-refractivity contribution in [3.05, 3.63) is 96.6 Å². The molecule has 1 atom stereocenters. The maximum Gasteiger partial charge on any atom is 0.339 e. The second kappa shape index (κ2) is 9.10. The van der Waals surface area contributed by atoms with Gasteiger partial charge < -0.3 is 9.47 Å². The van der Waals surface area contributed by atoms with Crippen LogP contribution in [0.4, 0.5) is 0 Å². The van der Waals surface area contributed by atoms with E-state index in [-0.39, 0.29) is 6.61 Å². The van der Waals surface area contributed by atoms with Gasteiger partial charge in [0.1, 0.15) is 12.7 Å². The summed E-state index contributed by atoms with van der Waals surface area (Å²) in [5.74, 6) is -0.844. The number of ether oxygens (including phenoxy) is 2. The molecule has 0 N–H and O–H groups in total. The van der Waals surface area contributed by atoms with Gasteiger partial charge in [-0.2, -0.15) is 0 Å². The molecule has 4 nitrogen and oxygen atoms in total. The Morgan fingerprint density at radius 1 is 0.917 bits per heavy atom. The summed E-state index contributed by atoms with van der Waals surface area (Å²) in [7, 11) is 0. The van der Waals surface area contributed by atoms with E-state index in [1.807, 2.05) is 12.1 Å². The largest absolute Gasteiger partial charge is 0.458 e. The first-order valence-electron chi connectivity index (χ1n) is 7.48. The van der Waals surface area contributed by atoms with Crippen molar-refractivity contribution in [2.75, 3.05) is 6.61 Å². The Hall–Kier alpha value is -3.14. The fraction of sp³-hybridized carbons (Fsp3) is 0.100. The molecule has 4 heteroatoms. The van der Waals surface area contributed by atoms with Crippen molar-refractivity contribution in [1.82, 2.24) is 0 Å². The molecular formula is C20H18O4. The second-order valence-electron chi connectivity index (χ2n) is 4.86. The fourth-order valence-corrected chi connectivity index (χ4v) is 1.90. The van der Waals surface area contributed by atoms with Crippen molar-refractivity contribution in [3.63, 3.8) is 0 Å². The van der Waals surface area contributed by atoms with Crippen LogP contribution >= 0.6 is 0 Å². The summed E-state index contributed by atoms with van der Waals surface area (Å²) in [5.41, 5.74) is 0.954. The molecule has 2 aromatic rings. The van der Waals surface area contributed by atoms with E-state index in [4.69, 9.17) is 9.47 Å². The predicted molar refractivity (Wildman–Crippen MR) is 91.7 cm³/mol. The highest BCUT2D eigenvalue weighted by atomic mass is 16.5. The molecule has 0 bridgehead atoms. The van der Waals surface area contributed by atoms with Crippen molar-refractivity contribution in [3.8, 4) is 0 Å². The van der Waals surface area contributed by atoms with Gasteiger partial charge in [0.25, 0.3) is 0 Å². The molecule has 122 valence electrons. The van der Waals surface area contributed by atoms with Crippen molar-refractivity contribution in [2.24, 2.45) is 0 Å². The zero-order valence-electron chi connectivity index (χ0n) is 13.1. The molecule has 0 aliphatic rings. The van der Waals surface area contributed by atoms with E-state index in [2.05, 4.69) is 6.58 Å². The van der Waals surface area contributed by atoms with Crippen molar-refractivity contribution >= 4 is 11.9 Å². The number of benzene rings is 2. The van der Waals surface area contributed by atoms with Crippen LogP contribution in [0.5, 0.6) is 0 Å². The number of hydrogen-bond donors (Lipinski definition) is 0. The quantitative estimate of drug-likeness (QED) is 0.574. The predicted octanol–water partition coefficient (Wildman–Crippen LogP) is 3.81. The van der Waals surface area contributed by atoms with E-state index in [0.717, 1.165) is 0 Å². The summed E-state index contributed by atoms with van der Waals surface area (Å²) >= 11 is 0. The van der Waals surface area contributed by atoms with Gasteiger partial charge in [0.2, 0.25) is 0 Å². The van der Waals surface area contributed by atoms with Crippen molar-refractivity contribution < 1.29 is 19.1 Å². The zero-order chi connectivity index (χ0) is 17.2. The molecule has 0 radical (unpaired) electrons. The number of carbonyl (C=O) groups is 2. The average molecular weight is 322 g/mol. The van der Waals surface area contributed by atoms with E-state index >= 15 is 0 Å². The summed E-state index contributed by atoms with van der Waals surface area (Å²) < 4.78 is 10.4. The minimum absolute atomic E-state index is 0.0843. The van der Waals surface area contributed by atoms with Gasteiger partial charge in [-0.25, -0.2) is 9.59 Å². The molecule has 0 amide bonds. The Balaban J connectivity index is 1.82. The molecule has 24 heavy (non-hydrogen) atoms. The van der Waals surface area contributed by atoms with Gasteiger partial charge in [-0.05, 0) is 42.5 Å². The fourth-order valence-electron chi connectivity index (χ4n) is 1.90. The number of carbonyl (C=O) groups excluding carboxylic acids is 2. The van der Waals surface area contributed by atoms with Crippen LogP contribution in [-0.2, 0) is 9.47 Å². The Morgan fingerprint density at radius 2 is 1.46 bits per heavy atom. The molecule has 0 spiro atoms. The van der Waals surface area contributed by atoms with Gasteiger partial charge in [0.05, 0.1) is 11.1 Å². The average Bonchev–Trinajstić information content (AvgIpc) is 2.65. The smallest absolute Gasteiger partial charge is 0.339 e. The monoisotopic (exact) mass is 322 g/mol. The minimum atomic E-state index is -0.590. The van der Waals surface area contributed by atoms with Gasteiger partial charge in [-0.3, -0.25) is 0 Å². The number of esters is 2. The molecule has 0 unspecified atom stereocenters. The van der Waals surface area contributed by atoms with Crippen LogP contribution < -0.4 is 0 Å². The number of hydrogen-bond acceptors (Lipinski definition) is 4. The highest BCUT2D eigenvalue weighted by molar-refractivity contribution is 5.90. The van der Waals surface area contributed by atoms with Crippen LogP contribution in [-0.4, -0.2) is 24.6 Å². The van der Waals surface area contributed by atoms with Crippen LogP contribution in [0, 0.1) is 0 Å². The lowest BCUT2D eigenvalue weighted by atomic mass is 10.2. The van der Waals surface area contributed by atoms with Gasteiger partial charge in [0, 0.05) is 0 Å². The van der Waals surface area contributed by atoms with Crippen LogP contribution in [0.3, 0.4) is 0 Å². The molecule has 0 fully saturated rings. The SMILES string of the molecule is C=C[C@@H](/C=C\COC(=O)c1ccccc1)OC(=O)c1ccccc1. The third kappa shape index (κ3) is 5.25. The molecule has 0 aliphatic carbocycles. The molecule has 0 aromatic heterocycles. The Kier molecular flexibility index (Phi) is 6.53. The highest BCUT2D eigenvalue weighted by Gasteiger charge is 2.10. The Bertz CT molecular complexity index is 705. The summed E-state index contributed by atoms with van der Waals surface area (Å²) in [5, 5.41) is 0. The van der Waals surface area contributed by atoms with E-state index in [1.54, 1.807) is 60.7 Å². The lowest BCUT2D eigenvalue weighted by molar-refractivity contribution is 0.0456. The van der Waals surface area contributed by atoms with E-state index in [0.29, 0.717) is 11.1 Å². The number of rotatable bonds is 7. The lowest BCUT2D eigenvalue weighted by Crippen LogP contribution is -2.14. The van der Waals surface area contributed by atoms with Crippen LogP contribution in [0.2, 0.25) is 0 Å². The van der Waals surface area contributed by atoms with E-state index in [1.165, 1.54) is 6.08 Å². The first-order chi connectivity index (χ1) is 11.7. The van der Waals surface area contributed by atoms with Crippen LogP contribution in [0.15, 0.2) is 85.5 Å². The molecule has 2 aromatic carbocycles. The van der Waals surface area contributed by atoms with Crippen molar-refractivity contribution in [1.29, 1.82) is 0 Å². The summed E-state index contributed by atoms with van der Waals surface area (Å²) in [4.78, 5) is 23.7. The molecule has 0 aliphatic heterocycles. The standard InChI is InChI=1S/C20H18O4/c1-2-18(24-20(22)17-12-7-4-8-13-17)14-9-15-23-19(21)16-10-5-3-6-11-16/h2-14,18H,1,15H2/b14-9-/t18-/m0/s1. The molecule has 0 saturated heterocycles. The normalized spacial score (nSPS) is 11.7. The van der Waals surface area contributed by atoms with Gasteiger partial charge in [-0.1, -0.05) is 43.0 Å². The summed E-state index contributed by atoms with van der Waals surface area (Å²) in [6.45, 7) is 3.72. The molecular weight excluding hydrogens is 304 g/mol. The summed E-state index contributed by atoms with van der Waals surface area (Å²) in [6, 6.07) is 17.4. The Labute approximate surface area is 141 Å². The summed E-state index contributed by atoms with van der Waals surface area (Å²) in [6.07, 6.45) is 4.14. The highest BCUT2D eigenvalue weighted by Crippen LogP contribution is 2.06. The first-order valence-corrected chi connectivity index (χ1v) is 7.48. The minimum Gasteiger partial charge on any atom is -0.458 e. The first kappa shape index (κ1) is 17.2. The Morgan fingerprint density at radius 3 is 2.00 bits per heavy atom. The topological polar surface area (TPSA) is 52.6 Å². The van der Waals surface area contributed by atoms with Crippen molar-refractivity contribution in [2.45, 2.75) is 6.10 Å². The van der Waals surface area contributed by atoms with Crippen LogP contribution in [0.25, 0.3) is 0 Å². The maximum atomic E-state index is 12.0. The second-order valence-corrected chi connectivity index (χ2v) is 4.86. The van der Waals surface area contributed by atoms with Gasteiger partial charge in [0.15, 0.2) is 0 Å². The molecule has 2 rings (SSSR count). The third-order valence-electron chi connectivity index (χ3n) is 3.13. The van der Waals surface area contributed by atoms with Gasteiger partial charge in [-0.15, -0.1) is 0 Å². The molecule has 0 saturated carbocycles. The van der Waals surface area contributed by atoms with Crippen LogP contribution in [0.1, 0.15) is 20.7 Å². The van der Waals surface area contributed by atoms with Gasteiger partial charge >= 0.3 is 11.9 Å². The zero-order valence-corrected chi connectivity index (χ0v) is 13.1. The van der Waals surface area contributed by atoms with E-state index < -0.39 is 18.0 Å². The lowest BCUT2D eigenvalue weighted by Gasteiger charge is -2.10. The molecule has 0 heterocycles. The maximum absolute atomic E-state index is 12.0.